The van der Waals surface area contributed by atoms with Crippen molar-refractivity contribution in [2.24, 2.45) is 5.92 Å². The zero-order valence-corrected chi connectivity index (χ0v) is 33.0. The molecule has 0 spiro atoms. The number of nitrogens with one attached hydrogen (secondary N) is 4. The van der Waals surface area contributed by atoms with Crippen LogP contribution in [0, 0.1) is 17.6 Å². The number of aromatic nitrogens is 2. The van der Waals surface area contributed by atoms with Crippen LogP contribution in [0.1, 0.15) is 108 Å². The lowest BCUT2D eigenvalue weighted by atomic mass is 9.82. The SMILES string of the molecule is O=C1CC[C@H](Nc2ccc(C3CCN(C4CCC(C(=O)NC5CCC(Nc6ncc(F)c(-c7cccc(N8CCCCC8=O)c7)n6)CC5)CC4)CC3)c(F)c2)C(=O)N1. The average Bonchev–Trinajstić information content (AvgIpc) is 3.24. The molecule has 14 heteroatoms. The highest BCUT2D eigenvalue weighted by atomic mass is 19.1. The van der Waals surface area contributed by atoms with Crippen molar-refractivity contribution in [3.05, 3.63) is 65.9 Å². The highest BCUT2D eigenvalue weighted by Crippen LogP contribution is 2.36. The molecule has 4 heterocycles. The molecule has 3 aliphatic heterocycles. The number of amides is 4. The number of likely N-dealkylation sites (tertiary alicyclic amines) is 1. The van der Waals surface area contributed by atoms with E-state index in [0.29, 0.717) is 48.2 Å². The molecule has 4 N–H and O–H groups in total. The summed E-state index contributed by atoms with van der Waals surface area (Å²) in [6, 6.07) is 12.6. The van der Waals surface area contributed by atoms with E-state index in [1.165, 1.54) is 12.3 Å². The van der Waals surface area contributed by atoms with Gasteiger partial charge in [-0.3, -0.25) is 24.5 Å². The topological polar surface area (TPSA) is 149 Å². The number of imide groups is 1. The zero-order valence-electron chi connectivity index (χ0n) is 33.0. The third-order valence-electron chi connectivity index (χ3n) is 13.0. The molecule has 58 heavy (non-hydrogen) atoms. The standard InChI is InChI=1S/C44H54F2N8O4/c45-36-25-32(48-38-17-18-39(55)51-43(38)58)13-16-35(36)27-19-22-53(23-20-27)33-14-7-28(8-15-33)42(57)49-30-9-11-31(12-10-30)50-44-47-26-37(46)41(52-44)29-4-3-5-34(24-29)54-21-2-1-6-40(54)56/h3-5,13,16,24-28,30-31,33,38,48H,1-2,6-12,14-15,17-23H2,(H,49,57)(H,47,50,52)(H,51,55,58)/t28?,30?,31?,33?,38-/m0/s1. The Bertz CT molecular complexity index is 1990. The maximum absolute atomic E-state index is 15.3. The molecule has 8 rings (SSSR count). The number of carbonyl (C=O) groups excluding carboxylic acids is 4. The first-order valence-electron chi connectivity index (χ1n) is 21.3. The fraction of sp³-hybridized carbons (Fsp3) is 0.545. The van der Waals surface area contributed by atoms with E-state index in [4.69, 9.17) is 0 Å². The fourth-order valence-electron chi connectivity index (χ4n) is 9.68. The number of rotatable bonds is 10. The first kappa shape index (κ1) is 39.8. The summed E-state index contributed by atoms with van der Waals surface area (Å²) in [5, 5.41) is 12.1. The van der Waals surface area contributed by atoms with Gasteiger partial charge in [-0.2, -0.15) is 0 Å². The van der Waals surface area contributed by atoms with Gasteiger partial charge in [0.1, 0.15) is 17.6 Å². The minimum Gasteiger partial charge on any atom is -0.374 e. The Morgan fingerprint density at radius 1 is 0.776 bits per heavy atom. The molecule has 0 bridgehead atoms. The van der Waals surface area contributed by atoms with Crippen LogP contribution in [0.2, 0.25) is 0 Å². The molecule has 308 valence electrons. The Kier molecular flexibility index (Phi) is 12.3. The Labute approximate surface area is 338 Å². The maximum atomic E-state index is 15.3. The van der Waals surface area contributed by atoms with Crippen molar-refractivity contribution in [1.82, 2.24) is 25.5 Å². The number of anilines is 3. The summed E-state index contributed by atoms with van der Waals surface area (Å²) in [6.07, 6.45) is 13.0. The van der Waals surface area contributed by atoms with Crippen LogP contribution in [-0.4, -0.2) is 82.3 Å². The third kappa shape index (κ3) is 9.32. The van der Waals surface area contributed by atoms with E-state index < -0.39 is 11.9 Å². The number of benzene rings is 2. The molecule has 5 fully saturated rings. The van der Waals surface area contributed by atoms with Crippen LogP contribution in [0.5, 0.6) is 0 Å². The van der Waals surface area contributed by atoms with Crippen LogP contribution in [0.4, 0.5) is 26.1 Å². The average molecular weight is 797 g/mol. The molecule has 3 aromatic rings. The van der Waals surface area contributed by atoms with Crippen molar-refractivity contribution in [2.75, 3.05) is 35.2 Å². The smallest absolute Gasteiger partial charge is 0.249 e. The number of hydrogen-bond acceptors (Lipinski definition) is 9. The van der Waals surface area contributed by atoms with Gasteiger partial charge in [-0.15, -0.1) is 0 Å². The lowest BCUT2D eigenvalue weighted by Crippen LogP contribution is -2.47. The second-order valence-electron chi connectivity index (χ2n) is 16.8. The molecule has 2 aromatic carbocycles. The Hall–Kier alpha value is -4.98. The molecular weight excluding hydrogens is 743 g/mol. The van der Waals surface area contributed by atoms with Crippen molar-refractivity contribution in [3.63, 3.8) is 0 Å². The summed E-state index contributed by atoms with van der Waals surface area (Å²) in [5.74, 6) is -0.686. The Morgan fingerprint density at radius 2 is 1.55 bits per heavy atom. The van der Waals surface area contributed by atoms with Gasteiger partial charge in [0.05, 0.1) is 6.20 Å². The lowest BCUT2D eigenvalue weighted by Gasteiger charge is -2.41. The minimum atomic E-state index is -0.549. The van der Waals surface area contributed by atoms with E-state index in [0.717, 1.165) is 95.8 Å². The van der Waals surface area contributed by atoms with Gasteiger partial charge in [-0.05, 0) is 132 Å². The van der Waals surface area contributed by atoms with E-state index in [1.54, 1.807) is 11.0 Å². The van der Waals surface area contributed by atoms with E-state index >= 15 is 4.39 Å². The third-order valence-corrected chi connectivity index (χ3v) is 13.0. The number of hydrogen-bond donors (Lipinski definition) is 4. The monoisotopic (exact) mass is 796 g/mol. The molecule has 1 aromatic heterocycles. The molecule has 12 nitrogen and oxygen atoms in total. The zero-order chi connectivity index (χ0) is 40.2. The predicted molar refractivity (Wildman–Crippen MR) is 217 cm³/mol. The van der Waals surface area contributed by atoms with Gasteiger partial charge < -0.3 is 25.8 Å². The van der Waals surface area contributed by atoms with E-state index in [9.17, 15) is 23.6 Å². The molecule has 4 amide bonds. The normalized spacial score (nSPS) is 26.2. The summed E-state index contributed by atoms with van der Waals surface area (Å²) in [7, 11) is 0. The van der Waals surface area contributed by atoms with Crippen LogP contribution in [0.25, 0.3) is 11.3 Å². The molecule has 1 atom stereocenters. The largest absolute Gasteiger partial charge is 0.374 e. The van der Waals surface area contributed by atoms with Gasteiger partial charge in [-0.1, -0.05) is 18.2 Å². The first-order chi connectivity index (χ1) is 28.2. The van der Waals surface area contributed by atoms with Crippen molar-refractivity contribution >= 4 is 41.0 Å². The van der Waals surface area contributed by atoms with E-state index in [2.05, 4.69) is 36.1 Å². The van der Waals surface area contributed by atoms with Crippen LogP contribution in [0.3, 0.4) is 0 Å². The predicted octanol–water partition coefficient (Wildman–Crippen LogP) is 6.43. The van der Waals surface area contributed by atoms with Crippen molar-refractivity contribution in [3.8, 4) is 11.3 Å². The molecular formula is C44H54F2N8O4. The molecule has 2 aliphatic carbocycles. The molecule has 5 aliphatic rings. The van der Waals surface area contributed by atoms with Crippen LogP contribution in [0.15, 0.2) is 48.7 Å². The van der Waals surface area contributed by atoms with Crippen molar-refractivity contribution < 1.29 is 28.0 Å². The fourth-order valence-corrected chi connectivity index (χ4v) is 9.68. The molecule has 0 radical (unpaired) electrons. The second kappa shape index (κ2) is 17.9. The number of carbonyl (C=O) groups is 4. The first-order valence-corrected chi connectivity index (χ1v) is 21.3. The van der Waals surface area contributed by atoms with E-state index in [1.807, 2.05) is 30.3 Å². The lowest BCUT2D eigenvalue weighted by molar-refractivity contribution is -0.133. The van der Waals surface area contributed by atoms with Gasteiger partial charge in [0.2, 0.25) is 29.6 Å². The van der Waals surface area contributed by atoms with Gasteiger partial charge in [0, 0.05) is 60.4 Å². The number of halogens is 2. The number of piperidine rings is 3. The maximum Gasteiger partial charge on any atom is 0.249 e. The van der Waals surface area contributed by atoms with Crippen molar-refractivity contribution in [2.45, 2.75) is 126 Å². The van der Waals surface area contributed by atoms with Crippen LogP contribution >= 0.6 is 0 Å². The minimum absolute atomic E-state index is 0.0172. The molecule has 0 unspecified atom stereocenters. The van der Waals surface area contributed by atoms with Crippen LogP contribution < -0.4 is 26.2 Å². The van der Waals surface area contributed by atoms with Crippen LogP contribution in [-0.2, 0) is 19.2 Å². The number of nitrogens with zero attached hydrogens (tertiary/aromatic N) is 4. The summed E-state index contributed by atoms with van der Waals surface area (Å²) in [6.45, 7) is 2.46. The Morgan fingerprint density at radius 3 is 2.29 bits per heavy atom. The van der Waals surface area contributed by atoms with Gasteiger partial charge in [0.25, 0.3) is 0 Å². The van der Waals surface area contributed by atoms with Crippen molar-refractivity contribution in [1.29, 1.82) is 0 Å². The second-order valence-corrected chi connectivity index (χ2v) is 16.8. The summed E-state index contributed by atoms with van der Waals surface area (Å²) in [4.78, 5) is 62.5. The van der Waals surface area contributed by atoms with Gasteiger partial charge >= 0.3 is 0 Å². The molecule has 3 saturated heterocycles. The quantitative estimate of drug-likeness (QED) is 0.170. The highest BCUT2D eigenvalue weighted by molar-refractivity contribution is 6.01. The summed E-state index contributed by atoms with van der Waals surface area (Å²) < 4.78 is 30.3. The summed E-state index contributed by atoms with van der Waals surface area (Å²) >= 11 is 0. The van der Waals surface area contributed by atoms with Gasteiger partial charge in [0.15, 0.2) is 5.82 Å². The molecule has 2 saturated carbocycles. The van der Waals surface area contributed by atoms with E-state index in [-0.39, 0.29) is 65.5 Å². The Balaban J connectivity index is 0.754. The van der Waals surface area contributed by atoms with Gasteiger partial charge in [-0.25, -0.2) is 18.7 Å². The highest BCUT2D eigenvalue weighted by Gasteiger charge is 2.34. The summed E-state index contributed by atoms with van der Waals surface area (Å²) in [5.41, 5.74) is 2.80.